The van der Waals surface area contributed by atoms with E-state index in [9.17, 15) is 9.59 Å². The Kier molecular flexibility index (Phi) is 3.79. The average molecular weight is 284 g/mol. The minimum Gasteiger partial charge on any atom is -0.325 e. The molecule has 0 saturated carbocycles. The molecule has 1 aliphatic rings. The molecule has 1 amide bonds. The second kappa shape index (κ2) is 5.88. The molecule has 2 N–H and O–H groups in total. The summed E-state index contributed by atoms with van der Waals surface area (Å²) in [5, 5.41) is 5.93. The van der Waals surface area contributed by atoms with Crippen molar-refractivity contribution in [3.8, 4) is 0 Å². The minimum absolute atomic E-state index is 0.0264. The summed E-state index contributed by atoms with van der Waals surface area (Å²) in [5.41, 5.74) is 2.09. The molecule has 2 aromatic rings. The van der Waals surface area contributed by atoms with E-state index in [2.05, 4.69) is 15.6 Å². The highest BCUT2D eigenvalue weighted by molar-refractivity contribution is 5.90. The molecule has 0 saturated heterocycles. The fourth-order valence-electron chi connectivity index (χ4n) is 2.38. The van der Waals surface area contributed by atoms with Crippen molar-refractivity contribution in [1.29, 1.82) is 0 Å². The third-order valence-electron chi connectivity index (χ3n) is 3.44. The van der Waals surface area contributed by atoms with Gasteiger partial charge in [-0.05, 0) is 25.1 Å². The molecule has 3 rings (SSSR count). The minimum atomic E-state index is -0.237. The topological polar surface area (TPSA) is 76.0 Å². The Labute approximate surface area is 121 Å². The van der Waals surface area contributed by atoms with Crippen molar-refractivity contribution in [2.45, 2.75) is 19.5 Å². The first-order valence-corrected chi connectivity index (χ1v) is 6.87. The maximum Gasteiger partial charge on any atom is 0.257 e. The maximum atomic E-state index is 12.3. The number of nitrogens with one attached hydrogen (secondary N) is 2. The van der Waals surface area contributed by atoms with E-state index < -0.39 is 0 Å². The van der Waals surface area contributed by atoms with Crippen LogP contribution < -0.4 is 16.2 Å². The monoisotopic (exact) mass is 284 g/mol. The van der Waals surface area contributed by atoms with E-state index in [1.807, 2.05) is 18.2 Å². The molecule has 0 radical (unpaired) electrons. The Balaban J connectivity index is 1.76. The highest BCUT2D eigenvalue weighted by atomic mass is 16.2. The van der Waals surface area contributed by atoms with E-state index in [1.54, 1.807) is 12.1 Å². The van der Waals surface area contributed by atoms with E-state index in [0.29, 0.717) is 24.2 Å². The van der Waals surface area contributed by atoms with Crippen molar-refractivity contribution >= 4 is 11.6 Å². The Morgan fingerprint density at radius 3 is 2.95 bits per heavy atom. The van der Waals surface area contributed by atoms with Crippen molar-refractivity contribution in [3.63, 3.8) is 0 Å². The standard InChI is InChI=1S/C15H16N4O2/c20-14(18-11-4-2-1-3-5-11)9-19-10-17-13-8-16-7-6-12(13)15(19)21/h1-5,10,16H,6-9H2,(H,18,20). The van der Waals surface area contributed by atoms with Crippen LogP contribution in [0.1, 0.15) is 11.3 Å². The van der Waals surface area contributed by atoms with Crippen LogP contribution in [0.2, 0.25) is 0 Å². The predicted molar refractivity (Wildman–Crippen MR) is 79.0 cm³/mol. The summed E-state index contributed by atoms with van der Waals surface area (Å²) in [6.45, 7) is 1.35. The number of carbonyl (C=O) groups excluding carboxylic acids is 1. The zero-order valence-electron chi connectivity index (χ0n) is 11.5. The van der Waals surface area contributed by atoms with Gasteiger partial charge in [0, 0.05) is 17.8 Å². The Hall–Kier alpha value is -2.47. The number of nitrogens with zero attached hydrogens (tertiary/aromatic N) is 2. The molecular weight excluding hydrogens is 268 g/mol. The van der Waals surface area contributed by atoms with Gasteiger partial charge in [0.15, 0.2) is 0 Å². The van der Waals surface area contributed by atoms with Crippen molar-refractivity contribution in [2.24, 2.45) is 0 Å². The fourth-order valence-corrected chi connectivity index (χ4v) is 2.38. The summed E-state index contributed by atoms with van der Waals surface area (Å²) in [4.78, 5) is 28.6. The highest BCUT2D eigenvalue weighted by Gasteiger charge is 2.16. The lowest BCUT2D eigenvalue weighted by molar-refractivity contribution is -0.116. The molecule has 0 unspecified atom stereocenters. The number of para-hydroxylation sites is 1. The van der Waals surface area contributed by atoms with Gasteiger partial charge in [-0.25, -0.2) is 4.98 Å². The van der Waals surface area contributed by atoms with Crippen LogP contribution in [0.3, 0.4) is 0 Å². The van der Waals surface area contributed by atoms with E-state index in [0.717, 1.165) is 12.2 Å². The molecule has 108 valence electrons. The number of benzene rings is 1. The van der Waals surface area contributed by atoms with Crippen LogP contribution >= 0.6 is 0 Å². The molecule has 21 heavy (non-hydrogen) atoms. The van der Waals surface area contributed by atoms with Crippen molar-refractivity contribution < 1.29 is 4.79 Å². The zero-order valence-corrected chi connectivity index (χ0v) is 11.5. The van der Waals surface area contributed by atoms with Crippen LogP contribution in [0.25, 0.3) is 0 Å². The number of hydrogen-bond acceptors (Lipinski definition) is 4. The molecule has 6 heteroatoms. The molecule has 6 nitrogen and oxygen atoms in total. The van der Waals surface area contributed by atoms with Gasteiger partial charge in [0.25, 0.3) is 5.56 Å². The van der Waals surface area contributed by atoms with Gasteiger partial charge in [0.05, 0.1) is 12.0 Å². The quantitative estimate of drug-likeness (QED) is 0.862. The largest absolute Gasteiger partial charge is 0.325 e. The first kappa shape index (κ1) is 13.5. The van der Waals surface area contributed by atoms with Crippen molar-refractivity contribution in [3.05, 3.63) is 58.3 Å². The Morgan fingerprint density at radius 1 is 1.33 bits per heavy atom. The lowest BCUT2D eigenvalue weighted by atomic mass is 10.1. The third-order valence-corrected chi connectivity index (χ3v) is 3.44. The van der Waals surface area contributed by atoms with Gasteiger partial charge in [0.2, 0.25) is 5.91 Å². The maximum absolute atomic E-state index is 12.3. The van der Waals surface area contributed by atoms with Crippen LogP contribution in [-0.2, 0) is 24.3 Å². The summed E-state index contributed by atoms with van der Waals surface area (Å²) < 4.78 is 1.36. The Bertz CT molecular complexity index is 709. The molecule has 1 aromatic heterocycles. The number of amides is 1. The summed E-state index contributed by atoms with van der Waals surface area (Å²) in [6.07, 6.45) is 2.10. The average Bonchev–Trinajstić information content (AvgIpc) is 2.51. The molecule has 0 bridgehead atoms. The summed E-state index contributed by atoms with van der Waals surface area (Å²) >= 11 is 0. The lowest BCUT2D eigenvalue weighted by Crippen LogP contribution is -2.36. The molecule has 2 heterocycles. The highest BCUT2D eigenvalue weighted by Crippen LogP contribution is 2.07. The number of anilines is 1. The molecule has 0 spiro atoms. The van der Waals surface area contributed by atoms with E-state index in [4.69, 9.17) is 0 Å². The van der Waals surface area contributed by atoms with Gasteiger partial charge in [-0.2, -0.15) is 0 Å². The second-order valence-electron chi connectivity index (χ2n) is 4.94. The molecule has 1 aromatic carbocycles. The van der Waals surface area contributed by atoms with E-state index in [1.165, 1.54) is 10.9 Å². The van der Waals surface area contributed by atoms with Crippen LogP contribution in [0.4, 0.5) is 5.69 Å². The zero-order chi connectivity index (χ0) is 14.7. The first-order chi connectivity index (χ1) is 10.2. The third kappa shape index (κ3) is 3.00. The number of aromatic nitrogens is 2. The van der Waals surface area contributed by atoms with E-state index >= 15 is 0 Å². The smallest absolute Gasteiger partial charge is 0.257 e. The molecular formula is C15H16N4O2. The van der Waals surface area contributed by atoms with Gasteiger partial charge in [-0.1, -0.05) is 18.2 Å². The Morgan fingerprint density at radius 2 is 2.14 bits per heavy atom. The van der Waals surface area contributed by atoms with Crippen LogP contribution in [0.5, 0.6) is 0 Å². The molecule has 1 aliphatic heterocycles. The molecule has 0 aliphatic carbocycles. The van der Waals surface area contributed by atoms with Gasteiger partial charge in [-0.15, -0.1) is 0 Å². The summed E-state index contributed by atoms with van der Waals surface area (Å²) in [5.74, 6) is -0.237. The molecule has 0 fully saturated rings. The van der Waals surface area contributed by atoms with Gasteiger partial charge in [0.1, 0.15) is 6.54 Å². The number of hydrogen-bond donors (Lipinski definition) is 2. The summed E-state index contributed by atoms with van der Waals surface area (Å²) in [7, 11) is 0. The SMILES string of the molecule is O=C(Cn1cnc2c(c1=O)CCNC2)Nc1ccccc1. The van der Waals surface area contributed by atoms with Crippen molar-refractivity contribution in [2.75, 3.05) is 11.9 Å². The van der Waals surface area contributed by atoms with Crippen molar-refractivity contribution in [1.82, 2.24) is 14.9 Å². The predicted octanol–water partition coefficient (Wildman–Crippen LogP) is 0.528. The normalized spacial score (nSPS) is 13.5. The van der Waals surface area contributed by atoms with Crippen LogP contribution in [0.15, 0.2) is 41.5 Å². The fraction of sp³-hybridized carbons (Fsp3) is 0.267. The van der Waals surface area contributed by atoms with E-state index in [-0.39, 0.29) is 18.0 Å². The molecule has 0 atom stereocenters. The van der Waals surface area contributed by atoms with Gasteiger partial charge in [-0.3, -0.25) is 14.2 Å². The van der Waals surface area contributed by atoms with Crippen LogP contribution in [-0.4, -0.2) is 22.0 Å². The van der Waals surface area contributed by atoms with Crippen LogP contribution in [0, 0.1) is 0 Å². The van der Waals surface area contributed by atoms with Gasteiger partial charge < -0.3 is 10.6 Å². The number of rotatable bonds is 3. The summed E-state index contributed by atoms with van der Waals surface area (Å²) in [6, 6.07) is 9.17. The number of carbonyl (C=O) groups is 1. The number of fused-ring (bicyclic) bond motifs is 1. The van der Waals surface area contributed by atoms with Gasteiger partial charge >= 0.3 is 0 Å². The first-order valence-electron chi connectivity index (χ1n) is 6.87. The lowest BCUT2D eigenvalue weighted by Gasteiger charge is -2.16. The second-order valence-corrected chi connectivity index (χ2v) is 4.94.